The lowest BCUT2D eigenvalue weighted by Crippen LogP contribution is -2.20. The van der Waals surface area contributed by atoms with Crippen LogP contribution in [0.4, 0.5) is 0 Å². The van der Waals surface area contributed by atoms with Crippen molar-refractivity contribution in [3.8, 4) is 0 Å². The number of aromatic nitrogens is 2. The van der Waals surface area contributed by atoms with Crippen LogP contribution in [0.15, 0.2) is 12.5 Å². The lowest BCUT2D eigenvalue weighted by molar-refractivity contribution is 0.413. The highest BCUT2D eigenvalue weighted by molar-refractivity contribution is 5.02. The Kier molecular flexibility index (Phi) is 3.19. The Labute approximate surface area is 104 Å². The molecule has 1 heterocycles. The minimum absolute atomic E-state index is 0.668. The molecule has 2 saturated carbocycles. The zero-order valence-electron chi connectivity index (χ0n) is 10.7. The van der Waals surface area contributed by atoms with E-state index in [0.29, 0.717) is 6.04 Å². The number of hydrogen-bond donors (Lipinski definition) is 1. The highest BCUT2D eigenvalue weighted by Crippen LogP contribution is 2.38. The second-order valence-corrected chi connectivity index (χ2v) is 5.69. The van der Waals surface area contributed by atoms with Gasteiger partial charge in [0, 0.05) is 24.8 Å². The molecule has 2 aliphatic carbocycles. The van der Waals surface area contributed by atoms with Crippen LogP contribution in [0, 0.1) is 5.92 Å². The lowest BCUT2D eigenvalue weighted by atomic mass is 10.1. The molecule has 2 aliphatic rings. The Morgan fingerprint density at radius 1 is 1.41 bits per heavy atom. The number of nitrogens with zero attached hydrogens (tertiary/aromatic N) is 2. The predicted molar refractivity (Wildman–Crippen MR) is 68.8 cm³/mol. The first-order valence-electron chi connectivity index (χ1n) is 7.11. The van der Waals surface area contributed by atoms with E-state index in [1.165, 1.54) is 44.2 Å². The van der Waals surface area contributed by atoms with Gasteiger partial charge in [-0.3, -0.25) is 0 Å². The van der Waals surface area contributed by atoms with Gasteiger partial charge in [0.2, 0.25) is 0 Å². The Morgan fingerprint density at radius 2 is 2.24 bits per heavy atom. The van der Waals surface area contributed by atoms with Crippen molar-refractivity contribution < 1.29 is 0 Å². The summed E-state index contributed by atoms with van der Waals surface area (Å²) >= 11 is 0. The number of nitrogens with one attached hydrogen (secondary N) is 1. The van der Waals surface area contributed by atoms with E-state index in [-0.39, 0.29) is 0 Å². The summed E-state index contributed by atoms with van der Waals surface area (Å²) in [5.74, 6) is 0.992. The van der Waals surface area contributed by atoms with E-state index in [1.807, 2.05) is 12.5 Å². The van der Waals surface area contributed by atoms with E-state index >= 15 is 0 Å². The fraction of sp³-hybridized carbons (Fsp3) is 0.786. The third kappa shape index (κ3) is 2.89. The predicted octanol–water partition coefficient (Wildman–Crippen LogP) is 2.89. The standard InChI is InChI=1S/C14H23N3/c1-2-13(7-11-3-4-11)17-10-15-8-14(17)9-16-12-5-6-12/h8,10-13,16H,2-7,9H2,1H3. The Hall–Kier alpha value is -0.830. The van der Waals surface area contributed by atoms with Gasteiger partial charge in [0.25, 0.3) is 0 Å². The first kappa shape index (κ1) is 11.3. The molecule has 0 bridgehead atoms. The first-order valence-corrected chi connectivity index (χ1v) is 7.11. The van der Waals surface area contributed by atoms with Crippen molar-refractivity contribution in [3.05, 3.63) is 18.2 Å². The second-order valence-electron chi connectivity index (χ2n) is 5.69. The van der Waals surface area contributed by atoms with Gasteiger partial charge in [-0.25, -0.2) is 4.98 Å². The van der Waals surface area contributed by atoms with Gasteiger partial charge in [0.1, 0.15) is 0 Å². The lowest BCUT2D eigenvalue weighted by Gasteiger charge is -2.19. The normalized spacial score (nSPS) is 21.7. The molecule has 94 valence electrons. The van der Waals surface area contributed by atoms with Crippen LogP contribution < -0.4 is 5.32 Å². The highest BCUT2D eigenvalue weighted by atomic mass is 15.1. The largest absolute Gasteiger partial charge is 0.330 e. The maximum Gasteiger partial charge on any atom is 0.0951 e. The van der Waals surface area contributed by atoms with Crippen LogP contribution in [-0.2, 0) is 6.54 Å². The molecule has 1 N–H and O–H groups in total. The zero-order chi connectivity index (χ0) is 11.7. The molecule has 1 aromatic heterocycles. The van der Waals surface area contributed by atoms with E-state index < -0.39 is 0 Å². The van der Waals surface area contributed by atoms with Crippen LogP contribution in [0.5, 0.6) is 0 Å². The van der Waals surface area contributed by atoms with Gasteiger partial charge in [-0.05, 0) is 31.6 Å². The van der Waals surface area contributed by atoms with Crippen molar-refractivity contribution in [3.63, 3.8) is 0 Å². The zero-order valence-corrected chi connectivity index (χ0v) is 10.7. The topological polar surface area (TPSA) is 29.9 Å². The highest BCUT2D eigenvalue weighted by Gasteiger charge is 2.26. The molecule has 3 rings (SSSR count). The van der Waals surface area contributed by atoms with E-state index in [1.54, 1.807) is 0 Å². The minimum Gasteiger partial charge on any atom is -0.330 e. The fourth-order valence-electron chi connectivity index (χ4n) is 2.55. The molecule has 0 aliphatic heterocycles. The van der Waals surface area contributed by atoms with E-state index in [9.17, 15) is 0 Å². The van der Waals surface area contributed by atoms with Crippen molar-refractivity contribution >= 4 is 0 Å². The van der Waals surface area contributed by atoms with Crippen molar-refractivity contribution in [2.75, 3.05) is 0 Å². The molecule has 0 saturated heterocycles. The molecule has 2 fully saturated rings. The van der Waals surface area contributed by atoms with Crippen LogP contribution in [0.25, 0.3) is 0 Å². The maximum absolute atomic E-state index is 4.34. The summed E-state index contributed by atoms with van der Waals surface area (Å²) in [6.45, 7) is 3.29. The monoisotopic (exact) mass is 233 g/mol. The summed E-state index contributed by atoms with van der Waals surface area (Å²) in [4.78, 5) is 4.34. The SMILES string of the molecule is CCC(CC1CC1)n1cncc1CNC1CC1. The van der Waals surface area contributed by atoms with Crippen molar-refractivity contribution in [1.29, 1.82) is 0 Å². The molecular weight excluding hydrogens is 210 g/mol. The molecule has 3 nitrogen and oxygen atoms in total. The number of imidazole rings is 1. The van der Waals surface area contributed by atoms with Gasteiger partial charge in [-0.15, -0.1) is 0 Å². The summed E-state index contributed by atoms with van der Waals surface area (Å²) in [6, 6.07) is 1.45. The van der Waals surface area contributed by atoms with Crippen molar-refractivity contribution in [2.24, 2.45) is 5.92 Å². The van der Waals surface area contributed by atoms with Gasteiger partial charge in [-0.1, -0.05) is 19.8 Å². The quantitative estimate of drug-likeness (QED) is 0.785. The summed E-state index contributed by atoms with van der Waals surface area (Å²) in [5, 5.41) is 3.59. The molecule has 17 heavy (non-hydrogen) atoms. The molecule has 0 aromatic carbocycles. The van der Waals surface area contributed by atoms with Crippen LogP contribution in [0.2, 0.25) is 0 Å². The molecule has 1 aromatic rings. The van der Waals surface area contributed by atoms with Crippen LogP contribution >= 0.6 is 0 Å². The first-order chi connectivity index (χ1) is 8.36. The van der Waals surface area contributed by atoms with Gasteiger partial charge in [-0.2, -0.15) is 0 Å². The van der Waals surface area contributed by atoms with Gasteiger partial charge >= 0.3 is 0 Å². The van der Waals surface area contributed by atoms with Crippen molar-refractivity contribution in [1.82, 2.24) is 14.9 Å². The van der Waals surface area contributed by atoms with Gasteiger partial charge in [0.05, 0.1) is 12.0 Å². The summed E-state index contributed by atoms with van der Waals surface area (Å²) in [7, 11) is 0. The number of hydrogen-bond acceptors (Lipinski definition) is 2. The minimum atomic E-state index is 0.668. The molecular formula is C14H23N3. The third-order valence-corrected chi connectivity index (χ3v) is 4.06. The molecule has 1 unspecified atom stereocenters. The van der Waals surface area contributed by atoms with Crippen LogP contribution in [0.1, 0.15) is 57.2 Å². The Balaban J connectivity index is 1.63. The van der Waals surface area contributed by atoms with Crippen LogP contribution in [-0.4, -0.2) is 15.6 Å². The maximum atomic E-state index is 4.34. The van der Waals surface area contributed by atoms with Gasteiger partial charge in [0.15, 0.2) is 0 Å². The molecule has 1 atom stereocenters. The molecule has 3 heteroatoms. The Bertz CT molecular complexity index is 363. The van der Waals surface area contributed by atoms with Gasteiger partial charge < -0.3 is 9.88 Å². The molecule has 0 radical (unpaired) electrons. The fourth-order valence-corrected chi connectivity index (χ4v) is 2.55. The van der Waals surface area contributed by atoms with Crippen molar-refractivity contribution in [2.45, 2.75) is 64.1 Å². The smallest absolute Gasteiger partial charge is 0.0951 e. The molecule has 0 amide bonds. The summed E-state index contributed by atoms with van der Waals surface area (Å²) in [6.07, 6.45) is 12.2. The summed E-state index contributed by atoms with van der Waals surface area (Å²) < 4.78 is 2.41. The average Bonchev–Trinajstić information content (AvgIpc) is 3.25. The molecule has 0 spiro atoms. The number of rotatable bonds is 7. The average molecular weight is 233 g/mol. The second kappa shape index (κ2) is 4.81. The Morgan fingerprint density at radius 3 is 2.88 bits per heavy atom. The summed E-state index contributed by atoms with van der Waals surface area (Å²) in [5.41, 5.74) is 1.37. The van der Waals surface area contributed by atoms with E-state index in [0.717, 1.165) is 18.5 Å². The van der Waals surface area contributed by atoms with Crippen LogP contribution in [0.3, 0.4) is 0 Å². The third-order valence-electron chi connectivity index (χ3n) is 4.06. The van der Waals surface area contributed by atoms with E-state index in [4.69, 9.17) is 0 Å². The van der Waals surface area contributed by atoms with E-state index in [2.05, 4.69) is 21.8 Å².